The number of rotatable bonds is 6. The lowest BCUT2D eigenvalue weighted by atomic mass is 10.2. The fourth-order valence-corrected chi connectivity index (χ4v) is 2.87. The average molecular weight is 313 g/mol. The van der Waals surface area contributed by atoms with Crippen LogP contribution in [0.3, 0.4) is 0 Å². The first-order chi connectivity index (χ1) is 9.66. The molecular weight excluding hydrogens is 294 g/mol. The molecule has 1 unspecified atom stereocenters. The summed E-state index contributed by atoms with van der Waals surface area (Å²) in [6.45, 7) is 5.53. The topological polar surface area (TPSA) is 101 Å². The Morgan fingerprint density at radius 1 is 1.14 bits per heavy atom. The predicted octanol–water partition coefficient (Wildman–Crippen LogP) is 1.32. The highest BCUT2D eigenvalue weighted by molar-refractivity contribution is 7.92. The van der Waals surface area contributed by atoms with Crippen LogP contribution in [0.2, 0.25) is 0 Å². The standard InChI is InChI=1S/C14H19NO5S/c1-9(2)8-15-13(16)10(3)21(19,20)12-6-4-11(5-7-12)14(17)18/h4-7,9-10H,8H2,1-3H3,(H,15,16)(H,17,18). The Hall–Kier alpha value is -1.89. The van der Waals surface area contributed by atoms with E-state index in [1.165, 1.54) is 31.2 Å². The van der Waals surface area contributed by atoms with Crippen molar-refractivity contribution in [1.82, 2.24) is 5.32 Å². The van der Waals surface area contributed by atoms with E-state index in [-0.39, 0.29) is 16.4 Å². The second kappa shape index (κ2) is 6.71. The van der Waals surface area contributed by atoms with Gasteiger partial charge < -0.3 is 10.4 Å². The van der Waals surface area contributed by atoms with Crippen LogP contribution in [0.15, 0.2) is 29.2 Å². The van der Waals surface area contributed by atoms with Crippen LogP contribution < -0.4 is 5.32 Å². The van der Waals surface area contributed by atoms with Gasteiger partial charge in [-0.25, -0.2) is 13.2 Å². The minimum absolute atomic E-state index is 0.00846. The molecule has 1 aromatic carbocycles. The maximum Gasteiger partial charge on any atom is 0.335 e. The number of carbonyl (C=O) groups excluding carboxylic acids is 1. The molecule has 1 rings (SSSR count). The van der Waals surface area contributed by atoms with Crippen molar-refractivity contribution in [3.8, 4) is 0 Å². The second-order valence-corrected chi connectivity index (χ2v) is 7.42. The fraction of sp³-hybridized carbons (Fsp3) is 0.429. The number of carbonyl (C=O) groups is 2. The zero-order valence-corrected chi connectivity index (χ0v) is 13.0. The number of aromatic carboxylic acids is 1. The lowest BCUT2D eigenvalue weighted by Gasteiger charge is -2.14. The van der Waals surface area contributed by atoms with E-state index in [1.54, 1.807) is 0 Å². The molecule has 1 atom stereocenters. The van der Waals surface area contributed by atoms with Crippen molar-refractivity contribution in [2.75, 3.05) is 6.54 Å². The first-order valence-electron chi connectivity index (χ1n) is 6.51. The van der Waals surface area contributed by atoms with Gasteiger partial charge in [0.15, 0.2) is 9.84 Å². The Bertz CT molecular complexity index is 619. The molecule has 0 aliphatic rings. The Morgan fingerprint density at radius 2 is 1.67 bits per heavy atom. The molecule has 0 fully saturated rings. The highest BCUT2D eigenvalue weighted by Crippen LogP contribution is 2.17. The quantitative estimate of drug-likeness (QED) is 0.825. The zero-order valence-electron chi connectivity index (χ0n) is 12.2. The van der Waals surface area contributed by atoms with Crippen LogP contribution in [0, 0.1) is 5.92 Å². The van der Waals surface area contributed by atoms with Crippen molar-refractivity contribution in [1.29, 1.82) is 0 Å². The van der Waals surface area contributed by atoms with E-state index in [0.717, 1.165) is 0 Å². The van der Waals surface area contributed by atoms with Gasteiger partial charge in [-0.3, -0.25) is 4.79 Å². The van der Waals surface area contributed by atoms with Crippen molar-refractivity contribution in [2.24, 2.45) is 5.92 Å². The van der Waals surface area contributed by atoms with Crippen molar-refractivity contribution in [3.05, 3.63) is 29.8 Å². The van der Waals surface area contributed by atoms with E-state index < -0.39 is 27.0 Å². The first-order valence-corrected chi connectivity index (χ1v) is 8.06. The minimum Gasteiger partial charge on any atom is -0.478 e. The molecule has 7 heteroatoms. The molecule has 0 spiro atoms. The number of amides is 1. The third-order valence-corrected chi connectivity index (χ3v) is 5.02. The largest absolute Gasteiger partial charge is 0.478 e. The highest BCUT2D eigenvalue weighted by Gasteiger charge is 2.29. The summed E-state index contributed by atoms with van der Waals surface area (Å²) in [6, 6.07) is 4.80. The van der Waals surface area contributed by atoms with E-state index in [2.05, 4.69) is 5.32 Å². The summed E-state index contributed by atoms with van der Waals surface area (Å²) in [5, 5.41) is 10.1. The van der Waals surface area contributed by atoms with Gasteiger partial charge in [0.1, 0.15) is 5.25 Å². The number of benzene rings is 1. The molecule has 0 bridgehead atoms. The molecule has 116 valence electrons. The van der Waals surface area contributed by atoms with Crippen LogP contribution >= 0.6 is 0 Å². The molecule has 0 aliphatic heterocycles. The summed E-state index contributed by atoms with van der Waals surface area (Å²) in [7, 11) is -3.83. The molecule has 0 heterocycles. The van der Waals surface area contributed by atoms with Crippen LogP contribution in [-0.4, -0.2) is 37.2 Å². The van der Waals surface area contributed by atoms with Gasteiger partial charge >= 0.3 is 5.97 Å². The number of carboxylic acids is 1. The molecule has 2 N–H and O–H groups in total. The highest BCUT2D eigenvalue weighted by atomic mass is 32.2. The summed E-state index contributed by atoms with van der Waals surface area (Å²) in [6.07, 6.45) is 0. The van der Waals surface area contributed by atoms with Gasteiger partial charge in [-0.2, -0.15) is 0 Å². The number of nitrogens with one attached hydrogen (secondary N) is 1. The van der Waals surface area contributed by atoms with E-state index in [0.29, 0.717) is 6.54 Å². The number of sulfone groups is 1. The predicted molar refractivity (Wildman–Crippen MR) is 77.9 cm³/mol. The van der Waals surface area contributed by atoms with Gasteiger partial charge in [0.25, 0.3) is 0 Å². The molecule has 1 aromatic rings. The second-order valence-electron chi connectivity index (χ2n) is 5.16. The Labute approximate surface area is 124 Å². The van der Waals surface area contributed by atoms with Crippen molar-refractivity contribution < 1.29 is 23.1 Å². The monoisotopic (exact) mass is 313 g/mol. The lowest BCUT2D eigenvalue weighted by molar-refractivity contribution is -0.120. The SMILES string of the molecule is CC(C)CNC(=O)C(C)S(=O)(=O)c1ccc(C(=O)O)cc1. The Morgan fingerprint density at radius 3 is 2.10 bits per heavy atom. The lowest BCUT2D eigenvalue weighted by Crippen LogP contribution is -2.39. The summed E-state index contributed by atoms with van der Waals surface area (Å²) in [5.74, 6) is -1.48. The van der Waals surface area contributed by atoms with Crippen molar-refractivity contribution in [2.45, 2.75) is 30.9 Å². The van der Waals surface area contributed by atoms with Crippen LogP contribution in [0.4, 0.5) is 0 Å². The number of hydrogen-bond acceptors (Lipinski definition) is 4. The van der Waals surface area contributed by atoms with Gasteiger partial charge in [0.05, 0.1) is 10.5 Å². The third kappa shape index (κ3) is 4.29. The molecule has 21 heavy (non-hydrogen) atoms. The maximum atomic E-state index is 12.3. The van der Waals surface area contributed by atoms with E-state index in [1.807, 2.05) is 13.8 Å². The summed E-state index contributed by atoms with van der Waals surface area (Å²) >= 11 is 0. The molecular formula is C14H19NO5S. The fourth-order valence-electron chi connectivity index (χ4n) is 1.58. The van der Waals surface area contributed by atoms with Gasteiger partial charge in [-0.15, -0.1) is 0 Å². The smallest absolute Gasteiger partial charge is 0.335 e. The molecule has 0 aliphatic carbocycles. The van der Waals surface area contributed by atoms with E-state index in [9.17, 15) is 18.0 Å². The summed E-state index contributed by atoms with van der Waals surface area (Å²) < 4.78 is 24.6. The molecule has 0 saturated carbocycles. The summed E-state index contributed by atoms with van der Waals surface area (Å²) in [5.41, 5.74) is -0.00846. The Kier molecular flexibility index (Phi) is 5.48. The van der Waals surface area contributed by atoms with Gasteiger partial charge in [0.2, 0.25) is 5.91 Å². The number of carboxylic acid groups (broad SMARTS) is 1. The molecule has 0 saturated heterocycles. The normalized spacial score (nSPS) is 13.0. The summed E-state index contributed by atoms with van der Waals surface area (Å²) in [4.78, 5) is 22.5. The van der Waals surface area contributed by atoms with Gasteiger partial charge in [-0.1, -0.05) is 13.8 Å². The molecule has 1 amide bonds. The maximum absolute atomic E-state index is 12.3. The third-order valence-electron chi connectivity index (χ3n) is 2.95. The van der Waals surface area contributed by atoms with Crippen molar-refractivity contribution >= 4 is 21.7 Å². The van der Waals surface area contributed by atoms with Crippen LogP contribution in [0.5, 0.6) is 0 Å². The van der Waals surface area contributed by atoms with Crippen molar-refractivity contribution in [3.63, 3.8) is 0 Å². The minimum atomic E-state index is -3.83. The molecule has 6 nitrogen and oxygen atoms in total. The molecule has 0 radical (unpaired) electrons. The van der Waals surface area contributed by atoms with Crippen LogP contribution in [0.25, 0.3) is 0 Å². The molecule has 0 aromatic heterocycles. The Balaban J connectivity index is 2.94. The van der Waals surface area contributed by atoms with E-state index in [4.69, 9.17) is 5.11 Å². The first kappa shape index (κ1) is 17.2. The number of hydrogen-bond donors (Lipinski definition) is 2. The van der Waals surface area contributed by atoms with Crippen LogP contribution in [0.1, 0.15) is 31.1 Å². The van der Waals surface area contributed by atoms with Gasteiger partial charge in [0, 0.05) is 6.54 Å². The van der Waals surface area contributed by atoms with E-state index >= 15 is 0 Å². The van der Waals surface area contributed by atoms with Crippen LogP contribution in [-0.2, 0) is 14.6 Å². The van der Waals surface area contributed by atoms with Gasteiger partial charge in [-0.05, 0) is 37.1 Å². The average Bonchev–Trinajstić information content (AvgIpc) is 2.43. The zero-order chi connectivity index (χ0) is 16.2.